The first-order valence-corrected chi connectivity index (χ1v) is 8.28. The Morgan fingerprint density at radius 2 is 1.80 bits per heavy atom. The number of amides is 2. The molecule has 0 aliphatic carbocycles. The molecule has 0 bridgehead atoms. The molecule has 2 amide bonds. The van der Waals surface area contributed by atoms with Gasteiger partial charge in [-0.2, -0.15) is 0 Å². The number of carbonyl (C=O) groups is 2. The molecule has 5 nitrogen and oxygen atoms in total. The third-order valence-electron chi connectivity index (χ3n) is 3.85. The summed E-state index contributed by atoms with van der Waals surface area (Å²) in [7, 11) is 0. The van der Waals surface area contributed by atoms with Gasteiger partial charge in [0.15, 0.2) is 0 Å². The van der Waals surface area contributed by atoms with Gasteiger partial charge >= 0.3 is 12.0 Å². The molecule has 2 aromatic rings. The van der Waals surface area contributed by atoms with Crippen LogP contribution in [0.25, 0.3) is 5.70 Å². The number of hydrogen-bond acceptors (Lipinski definition) is 3. The van der Waals surface area contributed by atoms with Gasteiger partial charge in [-0.15, -0.1) is 0 Å². The van der Waals surface area contributed by atoms with Crippen LogP contribution in [0.15, 0.2) is 60.2 Å². The topological polar surface area (TPSA) is 67.4 Å². The molecule has 2 aromatic carbocycles. The van der Waals surface area contributed by atoms with E-state index in [1.807, 2.05) is 30.3 Å². The summed E-state index contributed by atoms with van der Waals surface area (Å²) in [5, 5.41) is 5.96. The van der Waals surface area contributed by atoms with Crippen LogP contribution in [0.1, 0.15) is 24.1 Å². The maximum Gasteiger partial charge on any atom is 0.338 e. The van der Waals surface area contributed by atoms with Crippen molar-refractivity contribution in [1.29, 1.82) is 0 Å². The first kappa shape index (κ1) is 17.0. The van der Waals surface area contributed by atoms with Crippen molar-refractivity contribution < 1.29 is 14.3 Å². The van der Waals surface area contributed by atoms with Crippen molar-refractivity contribution in [3.63, 3.8) is 0 Å². The van der Waals surface area contributed by atoms with Gasteiger partial charge in [0.2, 0.25) is 0 Å². The Bertz CT molecular complexity index is 834. The maximum absolute atomic E-state index is 12.7. The minimum absolute atomic E-state index is 0.230. The average molecular weight is 357 g/mol. The number of benzene rings is 2. The number of rotatable bonds is 4. The van der Waals surface area contributed by atoms with Crippen LogP contribution < -0.4 is 10.6 Å². The van der Waals surface area contributed by atoms with Crippen molar-refractivity contribution in [3.05, 3.63) is 76.3 Å². The number of nitrogens with one attached hydrogen (secondary N) is 2. The van der Waals surface area contributed by atoms with Crippen molar-refractivity contribution in [3.8, 4) is 0 Å². The summed E-state index contributed by atoms with van der Waals surface area (Å²) < 4.78 is 5.23. The summed E-state index contributed by atoms with van der Waals surface area (Å²) in [5.41, 5.74) is 2.10. The largest absolute Gasteiger partial charge is 0.463 e. The molecule has 1 heterocycles. The zero-order chi connectivity index (χ0) is 17.8. The van der Waals surface area contributed by atoms with E-state index >= 15 is 0 Å². The van der Waals surface area contributed by atoms with E-state index in [-0.39, 0.29) is 6.61 Å². The van der Waals surface area contributed by atoms with Gasteiger partial charge in [-0.3, -0.25) is 0 Å². The van der Waals surface area contributed by atoms with Crippen LogP contribution >= 0.6 is 11.6 Å². The Morgan fingerprint density at radius 3 is 2.48 bits per heavy atom. The zero-order valence-electron chi connectivity index (χ0n) is 13.6. The zero-order valence-corrected chi connectivity index (χ0v) is 14.3. The molecule has 128 valence electrons. The molecule has 1 atom stereocenters. The molecule has 0 saturated heterocycles. The number of carbonyl (C=O) groups excluding carboxylic acids is 2. The summed E-state index contributed by atoms with van der Waals surface area (Å²) in [6.45, 7) is 1.97. The fraction of sp³-hybridized carbons (Fsp3) is 0.158. The molecule has 0 aromatic heterocycles. The van der Waals surface area contributed by atoms with E-state index in [0.29, 0.717) is 21.9 Å². The van der Waals surface area contributed by atoms with E-state index in [0.717, 1.165) is 5.56 Å². The second-order valence-corrected chi connectivity index (χ2v) is 5.84. The summed E-state index contributed by atoms with van der Waals surface area (Å²) in [5.74, 6) is -0.501. The molecule has 0 fully saturated rings. The summed E-state index contributed by atoms with van der Waals surface area (Å²) in [4.78, 5) is 24.9. The van der Waals surface area contributed by atoms with Crippen molar-refractivity contribution in [1.82, 2.24) is 10.6 Å². The highest BCUT2D eigenvalue weighted by atomic mass is 35.5. The highest BCUT2D eigenvalue weighted by Crippen LogP contribution is 2.34. The normalized spacial score (nSPS) is 16.9. The lowest BCUT2D eigenvalue weighted by Crippen LogP contribution is -2.45. The number of urea groups is 1. The summed E-state index contributed by atoms with van der Waals surface area (Å²) in [6.07, 6.45) is 0. The SMILES string of the molecule is CCOC(=O)C1=C(c2ccccc2)NC(=O)NC1c1ccccc1Cl. The third kappa shape index (κ3) is 3.51. The van der Waals surface area contributed by atoms with E-state index < -0.39 is 18.0 Å². The van der Waals surface area contributed by atoms with Gasteiger partial charge in [0.05, 0.1) is 23.9 Å². The van der Waals surface area contributed by atoms with Crippen LogP contribution in [0.4, 0.5) is 4.79 Å². The second-order valence-electron chi connectivity index (χ2n) is 5.43. The molecule has 6 heteroatoms. The molecular weight excluding hydrogens is 340 g/mol. The first-order chi connectivity index (χ1) is 12.1. The lowest BCUT2D eigenvalue weighted by Gasteiger charge is -2.30. The monoisotopic (exact) mass is 356 g/mol. The van der Waals surface area contributed by atoms with Gasteiger partial charge in [-0.25, -0.2) is 9.59 Å². The number of ether oxygens (including phenoxy) is 1. The minimum Gasteiger partial charge on any atom is -0.463 e. The standard InChI is InChI=1S/C19H17ClN2O3/c1-2-25-18(23)15-16(12-8-4-3-5-9-12)21-19(24)22-17(15)13-10-6-7-11-14(13)20/h3-11,17H,2H2,1H3,(H2,21,22,24). The molecule has 3 rings (SSSR count). The Hall–Kier alpha value is -2.79. The highest BCUT2D eigenvalue weighted by molar-refractivity contribution is 6.31. The summed E-state index contributed by atoms with van der Waals surface area (Å²) in [6, 6.07) is 15.2. The van der Waals surface area contributed by atoms with Gasteiger partial charge in [0, 0.05) is 5.02 Å². The van der Waals surface area contributed by atoms with Crippen LogP contribution in [0.3, 0.4) is 0 Å². The average Bonchev–Trinajstić information content (AvgIpc) is 2.62. The fourth-order valence-corrected chi connectivity index (χ4v) is 3.01. The lowest BCUT2D eigenvalue weighted by molar-refractivity contribution is -0.138. The summed E-state index contributed by atoms with van der Waals surface area (Å²) >= 11 is 6.30. The lowest BCUT2D eigenvalue weighted by atomic mass is 9.92. The molecule has 2 N–H and O–H groups in total. The van der Waals surface area contributed by atoms with Crippen LogP contribution in [0, 0.1) is 0 Å². The van der Waals surface area contributed by atoms with E-state index in [1.165, 1.54) is 0 Å². The van der Waals surface area contributed by atoms with Crippen molar-refractivity contribution in [2.75, 3.05) is 6.61 Å². The van der Waals surface area contributed by atoms with Crippen LogP contribution in [-0.4, -0.2) is 18.6 Å². The van der Waals surface area contributed by atoms with Crippen LogP contribution in [0.5, 0.6) is 0 Å². The molecular formula is C19H17ClN2O3. The molecule has 1 unspecified atom stereocenters. The Labute approximate surface area is 150 Å². The van der Waals surface area contributed by atoms with Gasteiger partial charge in [0.1, 0.15) is 0 Å². The van der Waals surface area contributed by atoms with Crippen molar-refractivity contribution in [2.24, 2.45) is 0 Å². The number of hydrogen-bond donors (Lipinski definition) is 2. The van der Waals surface area contributed by atoms with Crippen molar-refractivity contribution >= 4 is 29.3 Å². The first-order valence-electron chi connectivity index (χ1n) is 7.90. The van der Waals surface area contributed by atoms with Gasteiger partial charge in [0.25, 0.3) is 0 Å². The minimum atomic E-state index is -0.697. The molecule has 0 saturated carbocycles. The van der Waals surface area contributed by atoms with Crippen molar-refractivity contribution in [2.45, 2.75) is 13.0 Å². The van der Waals surface area contributed by atoms with E-state index in [9.17, 15) is 9.59 Å². The van der Waals surface area contributed by atoms with Gasteiger partial charge < -0.3 is 15.4 Å². The Balaban J connectivity index is 2.20. The van der Waals surface area contributed by atoms with Crippen LogP contribution in [0.2, 0.25) is 5.02 Å². The maximum atomic E-state index is 12.7. The Morgan fingerprint density at radius 1 is 1.12 bits per heavy atom. The predicted molar refractivity (Wildman–Crippen MR) is 95.9 cm³/mol. The fourth-order valence-electron chi connectivity index (χ4n) is 2.77. The van der Waals surface area contributed by atoms with Gasteiger partial charge in [-0.05, 0) is 24.1 Å². The smallest absolute Gasteiger partial charge is 0.338 e. The van der Waals surface area contributed by atoms with Crippen LogP contribution in [-0.2, 0) is 9.53 Å². The molecule has 1 aliphatic heterocycles. The predicted octanol–water partition coefficient (Wildman–Crippen LogP) is 3.67. The molecule has 1 aliphatic rings. The van der Waals surface area contributed by atoms with E-state index in [4.69, 9.17) is 16.3 Å². The molecule has 0 spiro atoms. The second kappa shape index (κ2) is 7.40. The van der Waals surface area contributed by atoms with E-state index in [1.54, 1.807) is 31.2 Å². The van der Waals surface area contributed by atoms with Gasteiger partial charge in [-0.1, -0.05) is 60.1 Å². The third-order valence-corrected chi connectivity index (χ3v) is 4.19. The van der Waals surface area contributed by atoms with E-state index in [2.05, 4.69) is 10.6 Å². The highest BCUT2D eigenvalue weighted by Gasteiger charge is 2.35. The quantitative estimate of drug-likeness (QED) is 0.821. The Kier molecular flexibility index (Phi) is 5.05. The number of halogens is 1. The number of esters is 1. The molecule has 25 heavy (non-hydrogen) atoms. The molecule has 0 radical (unpaired) electrons.